The van der Waals surface area contributed by atoms with Crippen molar-refractivity contribution in [3.05, 3.63) is 0 Å². The Morgan fingerprint density at radius 1 is 1.03 bits per heavy atom. The van der Waals surface area contributed by atoms with Crippen molar-refractivity contribution in [1.82, 2.24) is 0 Å². The monoisotopic (exact) mass is 446 g/mol. The van der Waals surface area contributed by atoms with Crippen molar-refractivity contribution in [2.24, 2.45) is 0 Å². The van der Waals surface area contributed by atoms with Crippen LogP contribution in [0.2, 0.25) is 36.3 Å². The van der Waals surface area contributed by atoms with E-state index in [9.17, 15) is 9.59 Å². The fraction of sp³-hybridized carbons (Fsp3) is 0.905. The van der Waals surface area contributed by atoms with Gasteiger partial charge in [0.25, 0.3) is 0 Å². The summed E-state index contributed by atoms with van der Waals surface area (Å²) >= 11 is 0. The third kappa shape index (κ3) is 6.99. The molecule has 0 saturated carbocycles. The summed E-state index contributed by atoms with van der Waals surface area (Å²) in [5.74, 6) is -0.394. The summed E-state index contributed by atoms with van der Waals surface area (Å²) in [4.78, 5) is 24.8. The van der Waals surface area contributed by atoms with E-state index < -0.39 is 34.9 Å². The van der Waals surface area contributed by atoms with Gasteiger partial charge in [-0.3, -0.25) is 9.59 Å². The summed E-state index contributed by atoms with van der Waals surface area (Å²) in [6.45, 7) is 21.9. The molecule has 170 valence electrons. The summed E-state index contributed by atoms with van der Waals surface area (Å²) in [6, 6.07) is 0. The van der Waals surface area contributed by atoms with Gasteiger partial charge in [-0.2, -0.15) is 0 Å². The molecule has 0 aliphatic carbocycles. The second kappa shape index (κ2) is 9.30. The summed E-state index contributed by atoms with van der Waals surface area (Å²) in [5, 5.41) is 0.0217. The first-order chi connectivity index (χ1) is 12.9. The lowest BCUT2D eigenvalue weighted by molar-refractivity contribution is -0.166. The Balaban J connectivity index is 3.07. The molecule has 1 rings (SSSR count). The van der Waals surface area contributed by atoms with E-state index in [2.05, 4.69) is 67.7 Å². The molecule has 3 atom stereocenters. The van der Waals surface area contributed by atoms with Gasteiger partial charge >= 0.3 is 5.97 Å². The molecule has 1 aliphatic heterocycles. The van der Waals surface area contributed by atoms with E-state index in [-0.39, 0.29) is 34.7 Å². The summed E-state index contributed by atoms with van der Waals surface area (Å²) in [7, 11) is -2.87. The minimum Gasteiger partial charge on any atom is -0.469 e. The number of hydrogen-bond acceptors (Lipinski definition) is 6. The standard InChI is InChI=1S/C21H42O6Si2/c1-20(2,3)28(8,9)25-14-17-19(27-29(10,11)21(4,5)6)16(22)12-15(26-17)13-18(23)24-7/h15,17,19H,12-14H2,1-11H3/t15-,17+,19-/m0/s1. The first kappa shape index (κ1) is 26.5. The van der Waals surface area contributed by atoms with Gasteiger partial charge in [-0.15, -0.1) is 0 Å². The van der Waals surface area contributed by atoms with Crippen molar-refractivity contribution in [3.8, 4) is 0 Å². The smallest absolute Gasteiger partial charge is 0.308 e. The molecular weight excluding hydrogens is 404 g/mol. The topological polar surface area (TPSA) is 71.1 Å². The van der Waals surface area contributed by atoms with E-state index in [0.717, 1.165) is 0 Å². The molecule has 1 aliphatic rings. The first-order valence-electron chi connectivity index (χ1n) is 10.5. The van der Waals surface area contributed by atoms with Crippen LogP contribution in [0.1, 0.15) is 54.4 Å². The van der Waals surface area contributed by atoms with Gasteiger partial charge in [0.15, 0.2) is 22.4 Å². The number of rotatable bonds is 7. The van der Waals surface area contributed by atoms with Crippen molar-refractivity contribution < 1.29 is 27.9 Å². The maximum Gasteiger partial charge on any atom is 0.308 e. The van der Waals surface area contributed by atoms with Crippen LogP contribution in [0.3, 0.4) is 0 Å². The Morgan fingerprint density at radius 3 is 2.00 bits per heavy atom. The zero-order chi connectivity index (χ0) is 22.8. The number of methoxy groups -OCH3 is 1. The molecule has 0 unspecified atom stereocenters. The fourth-order valence-corrected chi connectivity index (χ4v) is 4.86. The van der Waals surface area contributed by atoms with Crippen LogP contribution in [0.15, 0.2) is 0 Å². The molecule has 0 radical (unpaired) electrons. The zero-order valence-corrected chi connectivity index (χ0v) is 22.3. The number of ketones is 1. The van der Waals surface area contributed by atoms with Gasteiger partial charge in [0.05, 0.1) is 26.2 Å². The molecule has 0 aromatic carbocycles. The van der Waals surface area contributed by atoms with E-state index in [4.69, 9.17) is 18.3 Å². The van der Waals surface area contributed by atoms with Crippen LogP contribution in [0, 0.1) is 0 Å². The molecular formula is C21H42O6Si2. The zero-order valence-electron chi connectivity index (χ0n) is 20.3. The molecule has 0 amide bonds. The Morgan fingerprint density at radius 2 is 1.55 bits per heavy atom. The minimum absolute atomic E-state index is 0.0150. The van der Waals surface area contributed by atoms with Gasteiger partial charge in [-0.05, 0) is 36.3 Å². The Bertz CT molecular complexity index is 589. The van der Waals surface area contributed by atoms with Gasteiger partial charge in [-0.25, -0.2) is 0 Å². The number of hydrogen-bond donors (Lipinski definition) is 0. The van der Waals surface area contributed by atoms with Crippen molar-refractivity contribution in [1.29, 1.82) is 0 Å². The highest BCUT2D eigenvalue weighted by atomic mass is 28.4. The van der Waals surface area contributed by atoms with Crippen LogP contribution >= 0.6 is 0 Å². The van der Waals surface area contributed by atoms with Gasteiger partial charge in [0.1, 0.15) is 12.2 Å². The summed E-state index contributed by atoms with van der Waals surface area (Å²) < 4.78 is 23.8. The molecule has 0 spiro atoms. The lowest BCUT2D eigenvalue weighted by Gasteiger charge is -2.44. The van der Waals surface area contributed by atoms with Gasteiger partial charge in [-0.1, -0.05) is 41.5 Å². The molecule has 0 N–H and O–H groups in total. The number of Topliss-reactive ketones (excluding diaryl/α,β-unsaturated/α-hetero) is 1. The van der Waals surface area contributed by atoms with Crippen molar-refractivity contribution in [2.45, 2.75) is 109 Å². The quantitative estimate of drug-likeness (QED) is 0.417. The van der Waals surface area contributed by atoms with Crippen molar-refractivity contribution in [3.63, 3.8) is 0 Å². The molecule has 1 fully saturated rings. The van der Waals surface area contributed by atoms with E-state index in [1.54, 1.807) is 0 Å². The number of carbonyl (C=O) groups excluding carboxylic acids is 2. The largest absolute Gasteiger partial charge is 0.469 e. The van der Waals surface area contributed by atoms with E-state index >= 15 is 0 Å². The molecule has 6 nitrogen and oxygen atoms in total. The first-order valence-corrected chi connectivity index (χ1v) is 16.3. The third-order valence-corrected chi connectivity index (χ3v) is 15.7. The summed E-state index contributed by atoms with van der Waals surface area (Å²) in [6.07, 6.45) is -1.46. The molecule has 8 heteroatoms. The minimum atomic E-state index is -2.19. The van der Waals surface area contributed by atoms with E-state index in [1.165, 1.54) is 7.11 Å². The Hall–Kier alpha value is -0.546. The van der Waals surface area contributed by atoms with Crippen molar-refractivity contribution in [2.75, 3.05) is 13.7 Å². The predicted molar refractivity (Wildman–Crippen MR) is 120 cm³/mol. The Kier molecular flexibility index (Phi) is 8.49. The molecule has 0 aromatic rings. The number of ether oxygens (including phenoxy) is 2. The van der Waals surface area contributed by atoms with E-state index in [0.29, 0.717) is 6.61 Å². The maximum absolute atomic E-state index is 13.0. The third-order valence-electron chi connectivity index (χ3n) is 6.72. The average Bonchev–Trinajstić information content (AvgIpc) is 2.53. The molecule has 0 aromatic heterocycles. The van der Waals surface area contributed by atoms with Crippen molar-refractivity contribution >= 4 is 28.4 Å². The predicted octanol–water partition coefficient (Wildman–Crippen LogP) is 4.69. The van der Waals surface area contributed by atoms with Gasteiger partial charge < -0.3 is 18.3 Å². The second-order valence-electron chi connectivity index (χ2n) is 11.1. The van der Waals surface area contributed by atoms with Crippen LogP contribution in [0.25, 0.3) is 0 Å². The molecule has 1 saturated heterocycles. The second-order valence-corrected chi connectivity index (χ2v) is 20.7. The van der Waals surface area contributed by atoms with Crippen LogP contribution < -0.4 is 0 Å². The van der Waals surface area contributed by atoms with Gasteiger partial charge in [0, 0.05) is 6.42 Å². The molecule has 1 heterocycles. The lowest BCUT2D eigenvalue weighted by atomic mass is 9.98. The van der Waals surface area contributed by atoms with E-state index in [1.807, 2.05) is 0 Å². The number of carbonyl (C=O) groups is 2. The lowest BCUT2D eigenvalue weighted by Crippen LogP contribution is -2.56. The SMILES string of the molecule is COC(=O)C[C@@H]1CC(=O)[C@H](O[Si](C)(C)C(C)(C)C)[C@@H](CO[Si](C)(C)C(C)(C)C)O1. The molecule has 29 heavy (non-hydrogen) atoms. The van der Waals surface area contributed by atoms with Gasteiger partial charge in [0.2, 0.25) is 0 Å². The Labute approximate surface area is 179 Å². The molecule has 0 bridgehead atoms. The van der Waals surface area contributed by atoms with Crippen LogP contribution in [0.4, 0.5) is 0 Å². The van der Waals surface area contributed by atoms with Crippen LogP contribution in [-0.4, -0.2) is 60.4 Å². The normalized spacial score (nSPS) is 24.5. The fourth-order valence-electron chi connectivity index (χ4n) is 2.57. The van der Waals surface area contributed by atoms with Crippen LogP contribution in [-0.2, 0) is 27.9 Å². The average molecular weight is 447 g/mol. The maximum atomic E-state index is 13.0. The summed E-state index contributed by atoms with van der Waals surface area (Å²) in [5.41, 5.74) is 0. The van der Waals surface area contributed by atoms with Crippen LogP contribution in [0.5, 0.6) is 0 Å². The highest BCUT2D eigenvalue weighted by molar-refractivity contribution is 6.74. The highest BCUT2D eigenvalue weighted by Crippen LogP contribution is 2.40. The number of esters is 1. The highest BCUT2D eigenvalue weighted by Gasteiger charge is 2.47.